The number of nitrogens with zero attached hydrogens (tertiary/aromatic N) is 1. The Hall–Kier alpha value is -0.370. The monoisotopic (exact) mass is 183 g/mol. The molecule has 0 bridgehead atoms. The second kappa shape index (κ2) is 4.75. The molecule has 1 aliphatic rings. The van der Waals surface area contributed by atoms with Crippen LogP contribution >= 0.6 is 0 Å². The van der Waals surface area contributed by atoms with Crippen molar-refractivity contribution < 1.29 is 4.79 Å². The summed E-state index contributed by atoms with van der Waals surface area (Å²) in [6, 6.07) is 0.167. The molecule has 0 radical (unpaired) electrons. The fourth-order valence-electron chi connectivity index (χ4n) is 2.34. The van der Waals surface area contributed by atoms with Gasteiger partial charge in [0.25, 0.3) is 0 Å². The van der Waals surface area contributed by atoms with Crippen LogP contribution in [0, 0.1) is 5.92 Å². The van der Waals surface area contributed by atoms with Crippen molar-refractivity contribution in [3.05, 3.63) is 0 Å². The maximum Gasteiger partial charge on any atom is 0.147 e. The van der Waals surface area contributed by atoms with Crippen molar-refractivity contribution in [2.24, 2.45) is 5.92 Å². The molecule has 0 unspecified atom stereocenters. The minimum atomic E-state index is 0.167. The summed E-state index contributed by atoms with van der Waals surface area (Å²) in [5.41, 5.74) is 0. The van der Waals surface area contributed by atoms with Gasteiger partial charge in [0.15, 0.2) is 0 Å². The predicted molar refractivity (Wildman–Crippen MR) is 54.7 cm³/mol. The first-order chi connectivity index (χ1) is 6.13. The van der Waals surface area contributed by atoms with Crippen LogP contribution in [0.15, 0.2) is 0 Å². The first-order valence-electron chi connectivity index (χ1n) is 5.37. The summed E-state index contributed by atoms with van der Waals surface area (Å²) in [5, 5.41) is 0. The Labute approximate surface area is 81.3 Å². The van der Waals surface area contributed by atoms with Gasteiger partial charge >= 0.3 is 0 Å². The molecule has 1 atom stereocenters. The second-order valence-corrected chi connectivity index (χ2v) is 4.40. The summed E-state index contributed by atoms with van der Waals surface area (Å²) in [6.45, 7) is 8.23. The van der Waals surface area contributed by atoms with Gasteiger partial charge in [-0.2, -0.15) is 0 Å². The molecule has 1 heterocycles. The first-order valence-corrected chi connectivity index (χ1v) is 5.37. The lowest BCUT2D eigenvalue weighted by atomic mass is 9.96. The molecule has 0 saturated carbocycles. The van der Waals surface area contributed by atoms with Crippen molar-refractivity contribution >= 4 is 5.78 Å². The van der Waals surface area contributed by atoms with E-state index in [0.717, 1.165) is 13.1 Å². The van der Waals surface area contributed by atoms with Crippen LogP contribution in [0.1, 0.15) is 40.0 Å². The smallest absolute Gasteiger partial charge is 0.147 e. The van der Waals surface area contributed by atoms with Crippen LogP contribution in [0.25, 0.3) is 0 Å². The highest BCUT2D eigenvalue weighted by molar-refractivity contribution is 5.81. The Morgan fingerprint density at radius 1 is 1.15 bits per heavy atom. The highest BCUT2D eigenvalue weighted by atomic mass is 16.1. The molecule has 2 nitrogen and oxygen atoms in total. The van der Waals surface area contributed by atoms with Gasteiger partial charge in [-0.1, -0.05) is 20.3 Å². The van der Waals surface area contributed by atoms with Crippen molar-refractivity contribution in [2.45, 2.75) is 46.1 Å². The van der Waals surface area contributed by atoms with E-state index in [4.69, 9.17) is 0 Å². The van der Waals surface area contributed by atoms with Crippen molar-refractivity contribution in [1.82, 2.24) is 4.90 Å². The van der Waals surface area contributed by atoms with Gasteiger partial charge in [-0.15, -0.1) is 0 Å². The summed E-state index contributed by atoms with van der Waals surface area (Å²) < 4.78 is 0. The third-order valence-electron chi connectivity index (χ3n) is 2.83. The van der Waals surface area contributed by atoms with Crippen molar-refractivity contribution in [1.29, 1.82) is 0 Å². The van der Waals surface area contributed by atoms with Crippen LogP contribution < -0.4 is 0 Å². The zero-order valence-electron chi connectivity index (χ0n) is 9.05. The third-order valence-corrected chi connectivity index (χ3v) is 2.83. The Morgan fingerprint density at radius 3 is 2.08 bits per heavy atom. The van der Waals surface area contributed by atoms with E-state index < -0.39 is 0 Å². The molecule has 0 amide bonds. The average Bonchev–Trinajstić information content (AvgIpc) is 2.04. The lowest BCUT2D eigenvalue weighted by molar-refractivity contribution is -0.124. The Balaban J connectivity index is 2.57. The molecule has 76 valence electrons. The van der Waals surface area contributed by atoms with Crippen LogP contribution in [0.3, 0.4) is 0 Å². The van der Waals surface area contributed by atoms with Gasteiger partial charge in [0.2, 0.25) is 0 Å². The van der Waals surface area contributed by atoms with E-state index >= 15 is 0 Å². The van der Waals surface area contributed by atoms with E-state index in [1.165, 1.54) is 19.3 Å². The molecule has 0 aromatic heterocycles. The normalized spacial score (nSPS) is 21.8. The van der Waals surface area contributed by atoms with Crippen LogP contribution in [0.2, 0.25) is 0 Å². The van der Waals surface area contributed by atoms with E-state index in [1.54, 1.807) is 6.92 Å². The molecular formula is C11H21NO. The fraction of sp³-hybridized carbons (Fsp3) is 0.909. The fourth-order valence-corrected chi connectivity index (χ4v) is 2.34. The summed E-state index contributed by atoms with van der Waals surface area (Å²) in [5.74, 6) is 0.785. The van der Waals surface area contributed by atoms with Gasteiger partial charge in [-0.3, -0.25) is 9.69 Å². The molecule has 1 aliphatic heterocycles. The van der Waals surface area contributed by atoms with E-state index in [2.05, 4.69) is 18.7 Å². The maximum absolute atomic E-state index is 11.4. The Bertz CT molecular complexity index is 171. The third kappa shape index (κ3) is 2.80. The maximum atomic E-state index is 11.4. The molecule has 0 aromatic rings. The minimum absolute atomic E-state index is 0.167. The number of likely N-dealkylation sites (tertiary alicyclic amines) is 1. The zero-order chi connectivity index (χ0) is 9.84. The number of carbonyl (C=O) groups is 1. The van der Waals surface area contributed by atoms with Crippen molar-refractivity contribution in [3.8, 4) is 0 Å². The highest BCUT2D eigenvalue weighted by Gasteiger charge is 2.26. The number of ketones is 1. The minimum Gasteiger partial charge on any atom is -0.298 e. The van der Waals surface area contributed by atoms with E-state index in [0.29, 0.717) is 11.7 Å². The van der Waals surface area contributed by atoms with Crippen LogP contribution in [-0.2, 0) is 4.79 Å². The standard InChI is InChI=1S/C11H21NO/c1-9(2)11(10(3)13)12-7-5-4-6-8-12/h9,11H,4-8H2,1-3H3/t11-/m0/s1. The van der Waals surface area contributed by atoms with Crippen LogP contribution in [0.5, 0.6) is 0 Å². The average molecular weight is 183 g/mol. The summed E-state index contributed by atoms with van der Waals surface area (Å²) in [4.78, 5) is 13.8. The molecule has 1 rings (SSSR count). The molecule has 1 fully saturated rings. The quantitative estimate of drug-likeness (QED) is 0.667. The van der Waals surface area contributed by atoms with E-state index in [9.17, 15) is 4.79 Å². The number of rotatable bonds is 3. The lowest BCUT2D eigenvalue weighted by Gasteiger charge is -2.35. The summed E-state index contributed by atoms with van der Waals surface area (Å²) >= 11 is 0. The van der Waals surface area contributed by atoms with Crippen molar-refractivity contribution in [2.75, 3.05) is 13.1 Å². The highest BCUT2D eigenvalue weighted by Crippen LogP contribution is 2.17. The lowest BCUT2D eigenvalue weighted by Crippen LogP contribution is -2.46. The topological polar surface area (TPSA) is 20.3 Å². The van der Waals surface area contributed by atoms with Crippen LogP contribution in [0.4, 0.5) is 0 Å². The molecule has 0 N–H and O–H groups in total. The van der Waals surface area contributed by atoms with Crippen molar-refractivity contribution in [3.63, 3.8) is 0 Å². The number of piperidine rings is 1. The van der Waals surface area contributed by atoms with Crippen LogP contribution in [-0.4, -0.2) is 29.8 Å². The number of hydrogen-bond acceptors (Lipinski definition) is 2. The first kappa shape index (κ1) is 10.7. The van der Waals surface area contributed by atoms with Gasteiger partial charge in [-0.25, -0.2) is 0 Å². The molecule has 0 aromatic carbocycles. The number of hydrogen-bond donors (Lipinski definition) is 0. The Kier molecular flexibility index (Phi) is 3.91. The predicted octanol–water partition coefficient (Wildman–Crippen LogP) is 2.09. The van der Waals surface area contributed by atoms with Gasteiger partial charge in [0, 0.05) is 0 Å². The number of carbonyl (C=O) groups excluding carboxylic acids is 1. The van der Waals surface area contributed by atoms with E-state index in [1.807, 2.05) is 0 Å². The molecule has 0 spiro atoms. The molecule has 1 saturated heterocycles. The SMILES string of the molecule is CC(=O)[C@H](C(C)C)N1CCCCC1. The molecular weight excluding hydrogens is 162 g/mol. The largest absolute Gasteiger partial charge is 0.298 e. The second-order valence-electron chi connectivity index (χ2n) is 4.40. The molecule has 2 heteroatoms. The Morgan fingerprint density at radius 2 is 1.69 bits per heavy atom. The van der Waals surface area contributed by atoms with Gasteiger partial charge in [-0.05, 0) is 38.8 Å². The van der Waals surface area contributed by atoms with Gasteiger partial charge < -0.3 is 0 Å². The molecule has 0 aliphatic carbocycles. The van der Waals surface area contributed by atoms with Gasteiger partial charge in [0.05, 0.1) is 6.04 Å². The number of Topliss-reactive ketones (excluding diaryl/α,β-unsaturated/α-hetero) is 1. The zero-order valence-corrected chi connectivity index (χ0v) is 9.05. The summed E-state index contributed by atoms with van der Waals surface area (Å²) in [6.07, 6.45) is 3.85. The van der Waals surface area contributed by atoms with E-state index in [-0.39, 0.29) is 6.04 Å². The molecule has 13 heavy (non-hydrogen) atoms. The van der Waals surface area contributed by atoms with Gasteiger partial charge in [0.1, 0.15) is 5.78 Å². The summed E-state index contributed by atoms with van der Waals surface area (Å²) in [7, 11) is 0.